The lowest BCUT2D eigenvalue weighted by Crippen LogP contribution is -2.49. The molecule has 1 heterocycles. The monoisotopic (exact) mass is 211 g/mol. The summed E-state index contributed by atoms with van der Waals surface area (Å²) in [7, 11) is 0. The molecule has 0 aromatic heterocycles. The minimum absolute atomic E-state index is 0.135. The van der Waals surface area contributed by atoms with Crippen LogP contribution in [0.5, 0.6) is 0 Å². The van der Waals surface area contributed by atoms with Crippen molar-refractivity contribution in [3.63, 3.8) is 0 Å². The van der Waals surface area contributed by atoms with Gasteiger partial charge in [0.05, 0.1) is 0 Å². The second-order valence-electron chi connectivity index (χ2n) is 4.64. The third kappa shape index (κ3) is 2.43. The summed E-state index contributed by atoms with van der Waals surface area (Å²) in [6.45, 7) is 1.58. The lowest BCUT2D eigenvalue weighted by Gasteiger charge is -2.31. The zero-order valence-corrected chi connectivity index (χ0v) is 9.24. The van der Waals surface area contributed by atoms with Gasteiger partial charge in [-0.15, -0.1) is 0 Å². The Morgan fingerprint density at radius 2 is 2.13 bits per heavy atom. The lowest BCUT2D eigenvalue weighted by molar-refractivity contribution is 0.179. The van der Waals surface area contributed by atoms with Gasteiger partial charge in [-0.05, 0) is 45.1 Å². The first-order valence-electron chi connectivity index (χ1n) is 6.08. The van der Waals surface area contributed by atoms with Crippen molar-refractivity contribution in [1.29, 1.82) is 0 Å². The zero-order chi connectivity index (χ0) is 10.7. The second kappa shape index (κ2) is 4.84. The van der Waals surface area contributed by atoms with Gasteiger partial charge in [0.1, 0.15) is 0 Å². The van der Waals surface area contributed by atoms with E-state index in [0.29, 0.717) is 18.6 Å². The fourth-order valence-corrected chi connectivity index (χ4v) is 2.41. The summed E-state index contributed by atoms with van der Waals surface area (Å²) >= 11 is 0. The topological polar surface area (TPSA) is 58.4 Å². The third-order valence-corrected chi connectivity index (χ3v) is 3.57. The normalized spacial score (nSPS) is 26.5. The van der Waals surface area contributed by atoms with Gasteiger partial charge < -0.3 is 16.0 Å². The van der Waals surface area contributed by atoms with Crippen LogP contribution in [0.4, 0.5) is 4.79 Å². The van der Waals surface area contributed by atoms with Crippen LogP contribution in [0.15, 0.2) is 0 Å². The van der Waals surface area contributed by atoms with Gasteiger partial charge in [0, 0.05) is 18.6 Å². The Bertz CT molecular complexity index is 228. The van der Waals surface area contributed by atoms with Gasteiger partial charge in [0.25, 0.3) is 0 Å². The van der Waals surface area contributed by atoms with E-state index >= 15 is 0 Å². The molecule has 1 saturated heterocycles. The molecule has 1 unspecified atom stereocenters. The number of nitrogens with one attached hydrogen (secondary N) is 1. The number of carbonyl (C=O) groups excluding carboxylic acids is 1. The summed E-state index contributed by atoms with van der Waals surface area (Å²) in [6.07, 6.45) is 6.76. The molecule has 2 rings (SSSR count). The molecule has 0 aromatic rings. The molecule has 0 aromatic carbocycles. The highest BCUT2D eigenvalue weighted by molar-refractivity contribution is 5.75. The summed E-state index contributed by atoms with van der Waals surface area (Å²) in [6, 6.07) is 0.961. The van der Waals surface area contributed by atoms with Gasteiger partial charge in [-0.3, -0.25) is 0 Å². The van der Waals surface area contributed by atoms with Crippen molar-refractivity contribution in [3.8, 4) is 0 Å². The first kappa shape index (κ1) is 10.7. The number of carbonyl (C=O) groups is 1. The first-order chi connectivity index (χ1) is 7.31. The van der Waals surface area contributed by atoms with Gasteiger partial charge in [-0.1, -0.05) is 0 Å². The molecule has 1 aliphatic heterocycles. The number of amides is 2. The van der Waals surface area contributed by atoms with Gasteiger partial charge in [0.2, 0.25) is 0 Å². The predicted molar refractivity (Wildman–Crippen MR) is 59.6 cm³/mol. The van der Waals surface area contributed by atoms with Gasteiger partial charge in [-0.25, -0.2) is 4.79 Å². The number of rotatable bonds is 3. The standard InChI is InChI=1S/C11H21N3O/c12-7-6-10-5-2-8-14(10)11(15)13-9-3-1-4-9/h9-10H,1-8,12H2,(H,13,15). The summed E-state index contributed by atoms with van der Waals surface area (Å²) in [5.74, 6) is 0. The summed E-state index contributed by atoms with van der Waals surface area (Å²) in [5, 5.41) is 3.09. The molecule has 0 radical (unpaired) electrons. The lowest BCUT2D eigenvalue weighted by atomic mass is 9.93. The molecular weight excluding hydrogens is 190 g/mol. The van der Waals surface area contributed by atoms with Crippen molar-refractivity contribution < 1.29 is 4.79 Å². The van der Waals surface area contributed by atoms with E-state index in [1.807, 2.05) is 4.90 Å². The molecule has 4 heteroatoms. The van der Waals surface area contributed by atoms with Crippen LogP contribution in [0, 0.1) is 0 Å². The molecule has 15 heavy (non-hydrogen) atoms. The van der Waals surface area contributed by atoms with Crippen LogP contribution in [-0.4, -0.2) is 36.1 Å². The molecule has 1 aliphatic carbocycles. The van der Waals surface area contributed by atoms with Crippen molar-refractivity contribution >= 4 is 6.03 Å². The van der Waals surface area contributed by atoms with E-state index in [-0.39, 0.29) is 6.03 Å². The van der Waals surface area contributed by atoms with Crippen molar-refractivity contribution in [1.82, 2.24) is 10.2 Å². The highest BCUT2D eigenvalue weighted by Gasteiger charge is 2.30. The number of nitrogens with two attached hydrogens (primary N) is 1. The average molecular weight is 211 g/mol. The van der Waals surface area contributed by atoms with Crippen LogP contribution in [0.3, 0.4) is 0 Å². The Morgan fingerprint density at radius 3 is 2.73 bits per heavy atom. The molecular formula is C11H21N3O. The highest BCUT2D eigenvalue weighted by Crippen LogP contribution is 2.22. The van der Waals surface area contributed by atoms with Gasteiger partial charge >= 0.3 is 6.03 Å². The van der Waals surface area contributed by atoms with Crippen LogP contribution in [-0.2, 0) is 0 Å². The Hall–Kier alpha value is -0.770. The fourth-order valence-electron chi connectivity index (χ4n) is 2.41. The Kier molecular flexibility index (Phi) is 3.46. The zero-order valence-electron chi connectivity index (χ0n) is 9.24. The summed E-state index contributed by atoms with van der Waals surface area (Å²) < 4.78 is 0. The van der Waals surface area contributed by atoms with Gasteiger partial charge in [-0.2, -0.15) is 0 Å². The van der Waals surface area contributed by atoms with E-state index in [2.05, 4.69) is 5.32 Å². The quantitative estimate of drug-likeness (QED) is 0.733. The van der Waals surface area contributed by atoms with E-state index in [4.69, 9.17) is 5.73 Å². The van der Waals surface area contributed by atoms with Crippen LogP contribution in [0.25, 0.3) is 0 Å². The molecule has 0 spiro atoms. The Morgan fingerprint density at radius 1 is 1.33 bits per heavy atom. The van der Waals surface area contributed by atoms with Crippen molar-refractivity contribution in [2.75, 3.05) is 13.1 Å². The number of likely N-dealkylation sites (tertiary alicyclic amines) is 1. The minimum Gasteiger partial charge on any atom is -0.335 e. The molecule has 0 bridgehead atoms. The fraction of sp³-hybridized carbons (Fsp3) is 0.909. The van der Waals surface area contributed by atoms with Crippen molar-refractivity contribution in [2.45, 2.75) is 50.6 Å². The number of urea groups is 1. The maximum absolute atomic E-state index is 11.9. The molecule has 4 nitrogen and oxygen atoms in total. The number of hydrogen-bond acceptors (Lipinski definition) is 2. The molecule has 2 amide bonds. The second-order valence-corrected chi connectivity index (χ2v) is 4.64. The Labute approximate surface area is 91.2 Å². The number of nitrogens with zero attached hydrogens (tertiary/aromatic N) is 1. The van der Waals surface area contributed by atoms with E-state index < -0.39 is 0 Å². The summed E-state index contributed by atoms with van der Waals surface area (Å²) in [5.41, 5.74) is 5.55. The smallest absolute Gasteiger partial charge is 0.317 e. The SMILES string of the molecule is NCCC1CCCN1C(=O)NC1CCC1. The maximum atomic E-state index is 11.9. The van der Waals surface area contributed by atoms with E-state index in [9.17, 15) is 4.79 Å². The van der Waals surface area contributed by atoms with E-state index in [0.717, 1.165) is 38.6 Å². The van der Waals surface area contributed by atoms with Crippen molar-refractivity contribution in [2.24, 2.45) is 5.73 Å². The predicted octanol–water partition coefficient (Wildman–Crippen LogP) is 1.06. The summed E-state index contributed by atoms with van der Waals surface area (Å²) in [4.78, 5) is 13.9. The third-order valence-electron chi connectivity index (χ3n) is 3.57. The van der Waals surface area contributed by atoms with Gasteiger partial charge in [0.15, 0.2) is 0 Å². The average Bonchev–Trinajstić information content (AvgIpc) is 2.60. The highest BCUT2D eigenvalue weighted by atomic mass is 16.2. The molecule has 86 valence electrons. The molecule has 2 aliphatic rings. The Balaban J connectivity index is 1.81. The maximum Gasteiger partial charge on any atom is 0.317 e. The largest absolute Gasteiger partial charge is 0.335 e. The molecule has 1 atom stereocenters. The van der Waals surface area contributed by atoms with E-state index in [1.54, 1.807) is 0 Å². The van der Waals surface area contributed by atoms with Crippen LogP contribution < -0.4 is 11.1 Å². The first-order valence-corrected chi connectivity index (χ1v) is 6.08. The van der Waals surface area contributed by atoms with Crippen LogP contribution >= 0.6 is 0 Å². The molecule has 1 saturated carbocycles. The molecule has 3 N–H and O–H groups in total. The van der Waals surface area contributed by atoms with Crippen LogP contribution in [0.2, 0.25) is 0 Å². The van der Waals surface area contributed by atoms with Crippen LogP contribution in [0.1, 0.15) is 38.5 Å². The molecule has 2 fully saturated rings. The minimum atomic E-state index is 0.135. The van der Waals surface area contributed by atoms with E-state index in [1.165, 1.54) is 6.42 Å². The number of hydrogen-bond donors (Lipinski definition) is 2. The van der Waals surface area contributed by atoms with Crippen molar-refractivity contribution in [3.05, 3.63) is 0 Å².